The van der Waals surface area contributed by atoms with E-state index in [9.17, 15) is 28.8 Å². The van der Waals surface area contributed by atoms with E-state index in [4.69, 9.17) is 21.3 Å². The Balaban J connectivity index is 0.759. The minimum atomic E-state index is -2.49. The summed E-state index contributed by atoms with van der Waals surface area (Å²) in [5.74, 6) is 0.557. The number of hydrogen-bond donors (Lipinski definition) is 4. The highest BCUT2D eigenvalue weighted by molar-refractivity contribution is 7.70. The predicted molar refractivity (Wildman–Crippen MR) is 308 cm³/mol. The first-order chi connectivity index (χ1) is 36.8. The summed E-state index contributed by atoms with van der Waals surface area (Å²) >= 11 is 8.15. The number of amides is 4. The normalized spacial score (nSPS) is 16.5. The van der Waals surface area contributed by atoms with E-state index in [2.05, 4.69) is 49.0 Å². The van der Waals surface area contributed by atoms with Gasteiger partial charge in [-0.25, -0.2) is 15.0 Å². The molecule has 18 heteroatoms. The van der Waals surface area contributed by atoms with Crippen LogP contribution in [0.15, 0.2) is 78.4 Å². The fraction of sp³-hybridized carbons (Fsp3) is 0.508. The Morgan fingerprint density at radius 1 is 0.883 bits per heavy atom. The van der Waals surface area contributed by atoms with Crippen molar-refractivity contribution in [3.05, 3.63) is 117 Å². The summed E-state index contributed by atoms with van der Waals surface area (Å²) in [5.41, 5.74) is 7.79. The summed E-state index contributed by atoms with van der Waals surface area (Å²) in [7, 11) is -0.824. The van der Waals surface area contributed by atoms with Crippen LogP contribution >= 0.6 is 30.1 Å². The van der Waals surface area contributed by atoms with Crippen molar-refractivity contribution in [1.82, 2.24) is 35.8 Å². The number of methoxy groups -OCH3 is 1. The number of aliphatic hydroxyl groups is 1. The van der Waals surface area contributed by atoms with Crippen LogP contribution in [0, 0.1) is 12.3 Å². The number of benzene rings is 3. The summed E-state index contributed by atoms with van der Waals surface area (Å²) in [6.45, 7) is 13.1. The molecule has 4 amide bonds. The predicted octanol–water partition coefficient (Wildman–Crippen LogP) is 9.41. The first-order valence-corrected chi connectivity index (χ1v) is 31.0. The van der Waals surface area contributed by atoms with E-state index in [0.29, 0.717) is 42.2 Å². The third kappa shape index (κ3) is 16.7. The zero-order chi connectivity index (χ0) is 55.3. The number of ether oxygens (including phenoxy) is 1. The van der Waals surface area contributed by atoms with Crippen LogP contribution in [-0.2, 0) is 43.1 Å². The molecule has 2 fully saturated rings. The molecule has 0 saturated carbocycles. The zero-order valence-electron chi connectivity index (χ0n) is 45.9. The van der Waals surface area contributed by atoms with Crippen LogP contribution in [0.3, 0.4) is 0 Å². The van der Waals surface area contributed by atoms with Crippen molar-refractivity contribution >= 4 is 64.7 Å². The number of carbonyl (C=O) groups is 4. The second-order valence-corrected chi connectivity index (χ2v) is 26.6. The van der Waals surface area contributed by atoms with Gasteiger partial charge in [-0.15, -0.1) is 11.3 Å². The van der Waals surface area contributed by atoms with Crippen LogP contribution in [0.25, 0.3) is 10.4 Å². The topological polar surface area (TPSA) is 196 Å². The molecule has 0 unspecified atom stereocenters. The maximum Gasteiger partial charge on any atom is 0.246 e. The number of rotatable bonds is 24. The molecule has 5 aromatic rings. The largest absolute Gasteiger partial charge is 0.496 e. The number of nitrogens with one attached hydrogen (secondary N) is 3. The van der Waals surface area contributed by atoms with Gasteiger partial charge in [0.1, 0.15) is 30.8 Å². The molecule has 2 saturated heterocycles. The number of unbranched alkanes of at least 4 members (excludes halogenated alkanes) is 6. The molecular formula is C59H78ClN8O7PS. The average Bonchev–Trinajstić information content (AvgIpc) is 4.03. The minimum Gasteiger partial charge on any atom is -0.496 e. The number of likely N-dealkylation sites (tertiary alicyclic amines) is 1. The second kappa shape index (κ2) is 27.3. The van der Waals surface area contributed by atoms with Crippen LogP contribution in [0.2, 0.25) is 5.02 Å². The summed E-state index contributed by atoms with van der Waals surface area (Å²) in [6.07, 6.45) is 10.7. The van der Waals surface area contributed by atoms with Crippen LogP contribution in [-0.4, -0.2) is 113 Å². The molecule has 3 atom stereocenters. The molecule has 15 nitrogen and oxygen atoms in total. The van der Waals surface area contributed by atoms with Crippen LogP contribution in [0.4, 0.5) is 5.69 Å². The summed E-state index contributed by atoms with van der Waals surface area (Å²) in [4.78, 5) is 72.2. The summed E-state index contributed by atoms with van der Waals surface area (Å²) < 4.78 is 18.8. The molecule has 0 radical (unpaired) electrons. The van der Waals surface area contributed by atoms with Gasteiger partial charge in [0.15, 0.2) is 0 Å². The van der Waals surface area contributed by atoms with Crippen molar-refractivity contribution in [3.8, 4) is 16.2 Å². The molecule has 0 aliphatic carbocycles. The van der Waals surface area contributed by atoms with Crippen molar-refractivity contribution in [1.29, 1.82) is 0 Å². The average molecular weight is 1110 g/mol. The number of aromatic nitrogens is 3. The van der Waals surface area contributed by atoms with E-state index in [0.717, 1.165) is 114 Å². The molecule has 414 valence electrons. The van der Waals surface area contributed by atoms with E-state index in [-0.39, 0.29) is 55.6 Å². The Hall–Kier alpha value is -5.67. The van der Waals surface area contributed by atoms with E-state index in [1.165, 1.54) is 4.90 Å². The lowest BCUT2D eigenvalue weighted by molar-refractivity contribution is -0.144. The van der Waals surface area contributed by atoms with Gasteiger partial charge in [-0.1, -0.05) is 119 Å². The van der Waals surface area contributed by atoms with E-state index < -0.39 is 30.7 Å². The second-order valence-electron chi connectivity index (χ2n) is 22.2. The lowest BCUT2D eigenvalue weighted by atomic mass is 9.85. The Labute approximate surface area is 464 Å². The molecule has 3 aromatic carbocycles. The molecule has 4 heterocycles. The number of hydrogen-bond acceptors (Lipinski definition) is 12. The molecule has 2 aromatic heterocycles. The van der Waals surface area contributed by atoms with Gasteiger partial charge in [-0.05, 0) is 74.1 Å². The van der Waals surface area contributed by atoms with Crippen molar-refractivity contribution in [2.75, 3.05) is 45.0 Å². The maximum atomic E-state index is 14.1. The summed E-state index contributed by atoms with van der Waals surface area (Å²) in [5, 5.41) is 21.1. The standard InChI is InChI=1S/C59H78ClN8O7PS/c1-39-55(77-38-63-39)41-23-21-40(22-24-41)35-62-57(72)49-34-46(69)37-68(49)58(73)56(59(2,3)4)66-54(71)20-14-12-10-8-9-11-13-19-53(70)64-44-27-29-67(30-28-44)45-26-25-42(50(33-45)75-5)32-52-61-36-47(60)48(65-52)31-43-17-15-16-18-51(43)76(6,7)74/h15-18,21-26,33,36,38,44,46,49,56,69H,8-14,19-20,27-32,34-35,37H2,1-7H3,(H,62,72)(H,64,70)(H,66,71)/t46-,49+,56-/m1/s1. The van der Waals surface area contributed by atoms with Crippen molar-refractivity contribution in [2.24, 2.45) is 5.41 Å². The van der Waals surface area contributed by atoms with Gasteiger partial charge in [0.05, 0.1) is 40.0 Å². The molecule has 0 bridgehead atoms. The minimum absolute atomic E-state index is 0.0254. The highest BCUT2D eigenvalue weighted by Gasteiger charge is 2.44. The Morgan fingerprint density at radius 3 is 2.21 bits per heavy atom. The zero-order valence-corrected chi connectivity index (χ0v) is 48.4. The number of anilines is 1. The first-order valence-electron chi connectivity index (χ1n) is 27.2. The molecule has 0 spiro atoms. The fourth-order valence-electron chi connectivity index (χ4n) is 10.3. The van der Waals surface area contributed by atoms with Crippen LogP contribution < -0.4 is 30.9 Å². The van der Waals surface area contributed by atoms with Crippen LogP contribution in [0.1, 0.15) is 132 Å². The van der Waals surface area contributed by atoms with Gasteiger partial charge in [0, 0.05) is 93.1 Å². The van der Waals surface area contributed by atoms with Crippen molar-refractivity contribution < 1.29 is 33.6 Å². The lowest BCUT2D eigenvalue weighted by Gasteiger charge is -2.35. The molecule has 77 heavy (non-hydrogen) atoms. The van der Waals surface area contributed by atoms with E-state index >= 15 is 0 Å². The Kier molecular flexibility index (Phi) is 20.9. The molecular weight excluding hydrogens is 1030 g/mol. The third-order valence-electron chi connectivity index (χ3n) is 14.7. The van der Waals surface area contributed by atoms with E-state index in [1.54, 1.807) is 38.0 Å². The highest BCUT2D eigenvalue weighted by Crippen LogP contribution is 2.37. The number of carbonyl (C=O) groups excluding carboxylic acids is 4. The van der Waals surface area contributed by atoms with Gasteiger partial charge in [0.2, 0.25) is 23.6 Å². The number of aryl methyl sites for hydroxylation is 1. The van der Waals surface area contributed by atoms with Gasteiger partial charge in [-0.2, -0.15) is 0 Å². The molecule has 2 aliphatic heterocycles. The summed E-state index contributed by atoms with van der Waals surface area (Å²) in [6, 6.07) is 20.3. The van der Waals surface area contributed by atoms with E-state index in [1.807, 2.05) is 81.7 Å². The fourth-order valence-corrected chi connectivity index (χ4v) is 12.6. The molecule has 4 N–H and O–H groups in total. The van der Waals surface area contributed by atoms with Gasteiger partial charge < -0.3 is 40.2 Å². The Morgan fingerprint density at radius 2 is 1.56 bits per heavy atom. The monoisotopic (exact) mass is 1110 g/mol. The third-order valence-corrected chi connectivity index (χ3v) is 17.5. The van der Waals surface area contributed by atoms with Crippen molar-refractivity contribution in [2.45, 2.75) is 148 Å². The lowest BCUT2D eigenvalue weighted by Crippen LogP contribution is -2.57. The molecule has 2 aliphatic rings. The maximum absolute atomic E-state index is 14.1. The number of halogens is 1. The first kappa shape index (κ1) is 59.0. The number of nitrogens with zero attached hydrogens (tertiary/aromatic N) is 5. The number of aliphatic hydroxyl groups excluding tert-OH is 1. The van der Waals surface area contributed by atoms with Crippen LogP contribution in [0.5, 0.6) is 5.75 Å². The van der Waals surface area contributed by atoms with Gasteiger partial charge >= 0.3 is 0 Å². The Bertz CT molecular complexity index is 2860. The smallest absolute Gasteiger partial charge is 0.246 e. The number of thiazole rings is 1. The van der Waals surface area contributed by atoms with Crippen molar-refractivity contribution in [3.63, 3.8) is 0 Å². The molecule has 7 rings (SSSR count). The van der Waals surface area contributed by atoms with Gasteiger partial charge in [-0.3, -0.25) is 19.2 Å². The SMILES string of the molecule is COc1cc(N2CCC(NC(=O)CCCCCCCCCC(=O)N[C@H](C(=O)N3C[C@H](O)C[C@H]3C(=O)NCc3ccc(-c4scnc4C)cc3)C(C)(C)C)CC2)ccc1Cc1ncc(Cl)c(Cc2ccccc2P(C)(C)=O)n1. The number of β-amino-alcohol motifs (C(OH)–C–C–N with tert-alkyl or cyclic N) is 1. The quantitative estimate of drug-likeness (QED) is 0.0340. The number of piperidine rings is 1. The highest BCUT2D eigenvalue weighted by atomic mass is 35.5. The van der Waals surface area contributed by atoms with Gasteiger partial charge in [0.25, 0.3) is 0 Å².